The number of imidazole rings is 1. The Morgan fingerprint density at radius 2 is 2.07 bits per heavy atom. The molecule has 1 atom stereocenters. The standard InChI is InChI=1S/C11H21N2O.ClH/c1-3-4-5-6-7-12-8-9-13(10-12)11(2)14;/h8-11,14H,3-7H2,1-2H3;1H/q+1;/p-1. The topological polar surface area (TPSA) is 29.0 Å². The van der Waals surface area contributed by atoms with E-state index in [2.05, 4.69) is 11.5 Å². The summed E-state index contributed by atoms with van der Waals surface area (Å²) in [5.41, 5.74) is 0. The van der Waals surface area contributed by atoms with E-state index < -0.39 is 6.23 Å². The first-order valence-electron chi connectivity index (χ1n) is 5.48. The zero-order chi connectivity index (χ0) is 10.4. The normalized spacial score (nSPS) is 12.2. The van der Waals surface area contributed by atoms with Crippen LogP contribution in [-0.4, -0.2) is 9.67 Å². The van der Waals surface area contributed by atoms with Gasteiger partial charge in [-0.25, -0.2) is 9.13 Å². The maximum absolute atomic E-state index is 9.30. The van der Waals surface area contributed by atoms with Crippen molar-refractivity contribution < 1.29 is 22.1 Å². The molecule has 1 unspecified atom stereocenters. The third-order valence-corrected chi connectivity index (χ3v) is 2.41. The number of nitrogens with zero attached hydrogens (tertiary/aromatic N) is 2. The number of hydrogen-bond donors (Lipinski definition) is 1. The van der Waals surface area contributed by atoms with E-state index in [1.165, 1.54) is 25.7 Å². The summed E-state index contributed by atoms with van der Waals surface area (Å²) in [6.45, 7) is 5.04. The van der Waals surface area contributed by atoms with Gasteiger partial charge >= 0.3 is 0 Å². The summed E-state index contributed by atoms with van der Waals surface area (Å²) in [5, 5.41) is 9.30. The lowest BCUT2D eigenvalue weighted by molar-refractivity contribution is -0.697. The summed E-state index contributed by atoms with van der Waals surface area (Å²) < 4.78 is 3.93. The molecule has 0 fully saturated rings. The summed E-state index contributed by atoms with van der Waals surface area (Å²) in [6.07, 6.45) is 10.6. The molecular formula is C11H21ClN2O. The third-order valence-electron chi connectivity index (χ3n) is 2.41. The van der Waals surface area contributed by atoms with Crippen molar-refractivity contribution in [2.75, 3.05) is 0 Å². The Morgan fingerprint density at radius 1 is 1.33 bits per heavy atom. The van der Waals surface area contributed by atoms with Crippen molar-refractivity contribution in [2.24, 2.45) is 0 Å². The molecule has 0 aromatic carbocycles. The largest absolute Gasteiger partial charge is 1.00 e. The van der Waals surface area contributed by atoms with Crippen LogP contribution in [0, 0.1) is 0 Å². The molecule has 4 heteroatoms. The van der Waals surface area contributed by atoms with Crippen molar-refractivity contribution in [3.8, 4) is 0 Å². The van der Waals surface area contributed by atoms with Gasteiger partial charge in [0.25, 0.3) is 0 Å². The highest BCUT2D eigenvalue weighted by Crippen LogP contribution is 2.00. The zero-order valence-corrected chi connectivity index (χ0v) is 10.3. The lowest BCUT2D eigenvalue weighted by atomic mass is 10.2. The first-order chi connectivity index (χ1) is 6.74. The van der Waals surface area contributed by atoms with Gasteiger partial charge in [-0.2, -0.15) is 0 Å². The molecule has 0 spiro atoms. The van der Waals surface area contributed by atoms with Gasteiger partial charge in [-0.1, -0.05) is 19.8 Å². The molecule has 0 aliphatic rings. The Hall–Kier alpha value is -0.540. The highest BCUT2D eigenvalue weighted by Gasteiger charge is 2.06. The van der Waals surface area contributed by atoms with Crippen molar-refractivity contribution >= 4 is 0 Å². The van der Waals surface area contributed by atoms with Crippen LogP contribution >= 0.6 is 0 Å². The van der Waals surface area contributed by atoms with Crippen LogP contribution in [0.15, 0.2) is 18.7 Å². The minimum atomic E-state index is -0.424. The molecule has 0 aliphatic carbocycles. The maximum Gasteiger partial charge on any atom is 0.245 e. The molecule has 3 nitrogen and oxygen atoms in total. The Balaban J connectivity index is 0.00000196. The van der Waals surface area contributed by atoms with Gasteiger partial charge in [-0.15, -0.1) is 0 Å². The maximum atomic E-state index is 9.30. The lowest BCUT2D eigenvalue weighted by Crippen LogP contribution is -3.00. The van der Waals surface area contributed by atoms with Crippen LogP contribution in [0.1, 0.15) is 45.8 Å². The van der Waals surface area contributed by atoms with E-state index >= 15 is 0 Å². The van der Waals surface area contributed by atoms with Crippen LogP contribution in [0.2, 0.25) is 0 Å². The van der Waals surface area contributed by atoms with E-state index in [9.17, 15) is 5.11 Å². The number of rotatable bonds is 6. The highest BCUT2D eigenvalue weighted by molar-refractivity contribution is 4.67. The quantitative estimate of drug-likeness (QED) is 0.488. The minimum absolute atomic E-state index is 0. The zero-order valence-electron chi connectivity index (χ0n) is 9.56. The van der Waals surface area contributed by atoms with Crippen LogP contribution in [0.3, 0.4) is 0 Å². The average molecular weight is 233 g/mol. The van der Waals surface area contributed by atoms with Crippen LogP contribution in [0.4, 0.5) is 0 Å². The molecule has 1 N–H and O–H groups in total. The highest BCUT2D eigenvalue weighted by atomic mass is 35.5. The molecule has 1 aromatic rings. The van der Waals surface area contributed by atoms with Gasteiger partial charge in [0.05, 0.1) is 6.54 Å². The molecule has 0 bridgehead atoms. The fraction of sp³-hybridized carbons (Fsp3) is 0.727. The van der Waals surface area contributed by atoms with Crippen LogP contribution in [-0.2, 0) is 6.54 Å². The van der Waals surface area contributed by atoms with E-state index in [0.29, 0.717) is 0 Å². The summed E-state index contributed by atoms with van der Waals surface area (Å²) in [7, 11) is 0. The molecule has 1 rings (SSSR count). The molecule has 1 heterocycles. The van der Waals surface area contributed by atoms with E-state index in [4.69, 9.17) is 0 Å². The predicted octanol–water partition coefficient (Wildman–Crippen LogP) is -1.13. The number of halogens is 1. The number of aliphatic hydroxyl groups excluding tert-OH is 1. The summed E-state index contributed by atoms with van der Waals surface area (Å²) >= 11 is 0. The van der Waals surface area contributed by atoms with Crippen molar-refractivity contribution in [2.45, 2.75) is 52.3 Å². The predicted molar refractivity (Wildman–Crippen MR) is 55.7 cm³/mol. The molecule has 88 valence electrons. The van der Waals surface area contributed by atoms with Gasteiger partial charge in [0.1, 0.15) is 12.4 Å². The van der Waals surface area contributed by atoms with Crippen molar-refractivity contribution in [3.05, 3.63) is 18.7 Å². The fourth-order valence-electron chi connectivity index (χ4n) is 1.49. The smallest absolute Gasteiger partial charge is 0.245 e. The van der Waals surface area contributed by atoms with E-state index in [1.807, 2.05) is 18.7 Å². The van der Waals surface area contributed by atoms with Gasteiger partial charge in [0.2, 0.25) is 6.33 Å². The SMILES string of the molecule is CCCCCC[n+]1ccn(C(C)O)c1.[Cl-]. The molecule has 0 amide bonds. The number of hydrogen-bond acceptors (Lipinski definition) is 1. The molecule has 0 saturated heterocycles. The lowest BCUT2D eigenvalue weighted by Gasteiger charge is -1.98. The van der Waals surface area contributed by atoms with Gasteiger partial charge < -0.3 is 17.5 Å². The Kier molecular flexibility index (Phi) is 7.44. The molecule has 15 heavy (non-hydrogen) atoms. The van der Waals surface area contributed by atoms with Crippen LogP contribution in [0.25, 0.3) is 0 Å². The van der Waals surface area contributed by atoms with Crippen LogP contribution in [0.5, 0.6) is 0 Å². The summed E-state index contributed by atoms with van der Waals surface area (Å²) in [5.74, 6) is 0. The number of aromatic nitrogens is 2. The van der Waals surface area contributed by atoms with Crippen molar-refractivity contribution in [1.29, 1.82) is 0 Å². The Morgan fingerprint density at radius 3 is 2.60 bits per heavy atom. The van der Waals surface area contributed by atoms with Gasteiger partial charge in [0.15, 0.2) is 6.23 Å². The number of unbranched alkanes of at least 4 members (excludes halogenated alkanes) is 3. The molecule has 0 saturated carbocycles. The van der Waals surface area contributed by atoms with Gasteiger partial charge in [-0.3, -0.25) is 0 Å². The van der Waals surface area contributed by atoms with Gasteiger partial charge in [0, 0.05) is 6.92 Å². The second-order valence-electron chi connectivity index (χ2n) is 3.79. The third kappa shape index (κ3) is 5.19. The average Bonchev–Trinajstić information content (AvgIpc) is 2.61. The molecule has 0 aliphatic heterocycles. The molecule has 1 aromatic heterocycles. The second-order valence-corrected chi connectivity index (χ2v) is 3.79. The molecular weight excluding hydrogens is 212 g/mol. The summed E-state index contributed by atoms with van der Waals surface area (Å²) in [6, 6.07) is 0. The summed E-state index contributed by atoms with van der Waals surface area (Å²) in [4.78, 5) is 0. The van der Waals surface area contributed by atoms with Crippen molar-refractivity contribution in [3.63, 3.8) is 0 Å². The van der Waals surface area contributed by atoms with Crippen molar-refractivity contribution in [1.82, 2.24) is 4.57 Å². The minimum Gasteiger partial charge on any atom is -1.00 e. The van der Waals surface area contributed by atoms with E-state index in [1.54, 1.807) is 11.5 Å². The van der Waals surface area contributed by atoms with E-state index in [-0.39, 0.29) is 12.4 Å². The number of aliphatic hydroxyl groups is 1. The first-order valence-corrected chi connectivity index (χ1v) is 5.48. The second kappa shape index (κ2) is 7.71. The Bertz CT molecular complexity index is 261. The number of aryl methyl sites for hydroxylation is 1. The van der Waals surface area contributed by atoms with Crippen LogP contribution < -0.4 is 17.0 Å². The fourth-order valence-corrected chi connectivity index (χ4v) is 1.49. The first kappa shape index (κ1) is 14.5. The van der Waals surface area contributed by atoms with E-state index in [0.717, 1.165) is 6.54 Å². The monoisotopic (exact) mass is 232 g/mol. The van der Waals surface area contributed by atoms with Gasteiger partial charge in [-0.05, 0) is 12.8 Å². The molecule has 0 radical (unpaired) electrons. The Labute approximate surface area is 98.1 Å².